The molecule has 37 heavy (non-hydrogen) atoms. The molecular formula is C26H29F3N4O3S. The summed E-state index contributed by atoms with van der Waals surface area (Å²) in [6.45, 7) is 5.90. The number of carbonyl (C=O) groups is 1. The van der Waals surface area contributed by atoms with Crippen LogP contribution >= 0.6 is 11.3 Å². The summed E-state index contributed by atoms with van der Waals surface area (Å²) in [6.07, 6.45) is -4.41. The van der Waals surface area contributed by atoms with E-state index in [0.717, 1.165) is 27.4 Å². The van der Waals surface area contributed by atoms with E-state index in [0.29, 0.717) is 57.1 Å². The van der Waals surface area contributed by atoms with Gasteiger partial charge in [-0.15, -0.1) is 11.3 Å². The maximum atomic E-state index is 13.0. The van der Waals surface area contributed by atoms with Crippen molar-refractivity contribution >= 4 is 33.1 Å². The molecule has 0 saturated carbocycles. The van der Waals surface area contributed by atoms with Gasteiger partial charge < -0.3 is 14.7 Å². The highest BCUT2D eigenvalue weighted by molar-refractivity contribution is 7.18. The Labute approximate surface area is 217 Å². The third kappa shape index (κ3) is 5.90. The van der Waals surface area contributed by atoms with Gasteiger partial charge in [0.2, 0.25) is 5.91 Å². The fraction of sp³-hybridized carbons (Fsp3) is 0.462. The van der Waals surface area contributed by atoms with Crippen LogP contribution in [-0.4, -0.2) is 83.8 Å². The summed E-state index contributed by atoms with van der Waals surface area (Å²) < 4.78 is 45.4. The SMILES string of the molecule is Cc1nc2cc(OC[C@H](O)CN3CCN(C4CCN(c5ccc(C(F)(F)F)cc5)C4=O)CC3)ccc2s1. The van der Waals surface area contributed by atoms with Crippen molar-refractivity contribution in [2.24, 2.45) is 0 Å². The summed E-state index contributed by atoms with van der Waals surface area (Å²) in [6, 6.07) is 10.2. The van der Waals surface area contributed by atoms with E-state index in [9.17, 15) is 23.1 Å². The van der Waals surface area contributed by atoms with Crippen molar-refractivity contribution in [3.63, 3.8) is 0 Å². The zero-order valence-corrected chi connectivity index (χ0v) is 21.3. The summed E-state index contributed by atoms with van der Waals surface area (Å²) in [5.74, 6) is 0.605. The zero-order valence-electron chi connectivity index (χ0n) is 20.4. The van der Waals surface area contributed by atoms with Crippen molar-refractivity contribution < 1.29 is 27.8 Å². The number of aliphatic hydroxyl groups is 1. The molecule has 3 heterocycles. The molecule has 2 saturated heterocycles. The van der Waals surface area contributed by atoms with Gasteiger partial charge in [-0.25, -0.2) is 4.98 Å². The lowest BCUT2D eigenvalue weighted by Crippen LogP contribution is -2.54. The Morgan fingerprint density at radius 1 is 1.11 bits per heavy atom. The number of benzene rings is 2. The summed E-state index contributed by atoms with van der Waals surface area (Å²) in [7, 11) is 0. The van der Waals surface area contributed by atoms with E-state index in [1.54, 1.807) is 16.2 Å². The van der Waals surface area contributed by atoms with Gasteiger partial charge in [-0.1, -0.05) is 0 Å². The molecule has 1 amide bonds. The molecule has 2 aliphatic rings. The zero-order chi connectivity index (χ0) is 26.2. The molecule has 2 fully saturated rings. The van der Waals surface area contributed by atoms with E-state index < -0.39 is 17.8 Å². The first-order valence-electron chi connectivity index (χ1n) is 12.3. The predicted molar refractivity (Wildman–Crippen MR) is 136 cm³/mol. The Balaban J connectivity index is 1.08. The lowest BCUT2D eigenvalue weighted by atomic mass is 10.1. The van der Waals surface area contributed by atoms with E-state index in [2.05, 4.69) is 14.8 Å². The van der Waals surface area contributed by atoms with Crippen LogP contribution in [0.3, 0.4) is 0 Å². The Hall–Kier alpha value is -2.73. The molecule has 0 spiro atoms. The average Bonchev–Trinajstić information content (AvgIpc) is 3.44. The van der Waals surface area contributed by atoms with Gasteiger partial charge in [0.1, 0.15) is 18.5 Å². The Morgan fingerprint density at radius 3 is 2.54 bits per heavy atom. The Kier molecular flexibility index (Phi) is 7.39. The molecule has 7 nitrogen and oxygen atoms in total. The number of hydrogen-bond acceptors (Lipinski definition) is 7. The number of aliphatic hydroxyl groups excluding tert-OH is 1. The molecule has 1 aromatic heterocycles. The van der Waals surface area contributed by atoms with Gasteiger partial charge in [-0.3, -0.25) is 14.6 Å². The highest BCUT2D eigenvalue weighted by atomic mass is 32.1. The van der Waals surface area contributed by atoms with Crippen molar-refractivity contribution in [1.29, 1.82) is 0 Å². The van der Waals surface area contributed by atoms with Crippen LogP contribution in [0.5, 0.6) is 5.75 Å². The van der Waals surface area contributed by atoms with Crippen LogP contribution in [0.1, 0.15) is 17.0 Å². The minimum atomic E-state index is -4.40. The summed E-state index contributed by atoms with van der Waals surface area (Å²) >= 11 is 1.63. The van der Waals surface area contributed by atoms with Crippen LogP contribution < -0.4 is 9.64 Å². The standard InChI is InChI=1S/C26H29F3N4O3S/c1-17-30-22-14-21(6-7-24(22)37-17)36-16-20(34)15-31-10-12-32(13-11-31)23-8-9-33(25(23)35)19-4-2-18(3-5-19)26(27,28)29/h2-7,14,20,23,34H,8-13,15-16H2,1H3/t20-,23?/m1/s1. The molecule has 0 bridgehead atoms. The van der Waals surface area contributed by atoms with E-state index in [-0.39, 0.29) is 18.6 Å². The van der Waals surface area contributed by atoms with Gasteiger partial charge in [0.25, 0.3) is 0 Å². The molecule has 0 radical (unpaired) electrons. The monoisotopic (exact) mass is 534 g/mol. The van der Waals surface area contributed by atoms with Crippen LogP contribution in [0.15, 0.2) is 42.5 Å². The lowest BCUT2D eigenvalue weighted by molar-refractivity contribution is -0.137. The second-order valence-corrected chi connectivity index (χ2v) is 10.7. The number of ether oxygens (including phenoxy) is 1. The number of aromatic nitrogens is 1. The molecule has 3 aromatic rings. The highest BCUT2D eigenvalue weighted by Gasteiger charge is 2.38. The number of carbonyl (C=O) groups excluding carboxylic acids is 1. The van der Waals surface area contributed by atoms with Crippen LogP contribution in [0, 0.1) is 6.92 Å². The van der Waals surface area contributed by atoms with Crippen molar-refractivity contribution in [2.75, 3.05) is 50.8 Å². The number of β-amino-alcohol motifs (C(OH)–C–C–N with tert-alkyl or cyclic N) is 1. The van der Waals surface area contributed by atoms with E-state index in [4.69, 9.17) is 4.74 Å². The van der Waals surface area contributed by atoms with E-state index in [1.807, 2.05) is 25.1 Å². The third-order valence-corrected chi connectivity index (χ3v) is 7.86. The summed E-state index contributed by atoms with van der Waals surface area (Å²) in [5, 5.41) is 11.5. The molecule has 198 valence electrons. The fourth-order valence-electron chi connectivity index (χ4n) is 5.00. The number of anilines is 1. The Morgan fingerprint density at radius 2 is 1.84 bits per heavy atom. The van der Waals surface area contributed by atoms with E-state index >= 15 is 0 Å². The molecule has 0 aliphatic carbocycles. The Bertz CT molecular complexity index is 1240. The van der Waals surface area contributed by atoms with Gasteiger partial charge in [0, 0.05) is 51.0 Å². The normalized spacial score (nSPS) is 20.6. The topological polar surface area (TPSA) is 69.1 Å². The van der Waals surface area contributed by atoms with Gasteiger partial charge in [0.05, 0.1) is 26.8 Å². The number of alkyl halides is 3. The number of amides is 1. The molecule has 1 N–H and O–H groups in total. The molecule has 11 heteroatoms. The number of aryl methyl sites for hydroxylation is 1. The number of hydrogen-bond donors (Lipinski definition) is 1. The van der Waals surface area contributed by atoms with Gasteiger partial charge >= 0.3 is 6.18 Å². The minimum absolute atomic E-state index is 0.0751. The number of halogens is 3. The number of fused-ring (bicyclic) bond motifs is 1. The summed E-state index contributed by atoms with van der Waals surface area (Å²) in [5.41, 5.74) is 0.661. The van der Waals surface area contributed by atoms with Crippen molar-refractivity contribution in [3.8, 4) is 5.75 Å². The minimum Gasteiger partial charge on any atom is -0.491 e. The highest BCUT2D eigenvalue weighted by Crippen LogP contribution is 2.32. The van der Waals surface area contributed by atoms with Gasteiger partial charge in [-0.05, 0) is 49.7 Å². The van der Waals surface area contributed by atoms with Gasteiger partial charge in [-0.2, -0.15) is 13.2 Å². The van der Waals surface area contributed by atoms with Crippen LogP contribution in [0.4, 0.5) is 18.9 Å². The smallest absolute Gasteiger partial charge is 0.416 e. The fourth-order valence-corrected chi connectivity index (χ4v) is 5.81. The number of piperazine rings is 1. The largest absolute Gasteiger partial charge is 0.491 e. The summed E-state index contributed by atoms with van der Waals surface area (Å²) in [4.78, 5) is 23.4. The average molecular weight is 535 g/mol. The molecule has 2 atom stereocenters. The third-order valence-electron chi connectivity index (χ3n) is 6.91. The van der Waals surface area contributed by atoms with Gasteiger partial charge in [0.15, 0.2) is 0 Å². The number of nitrogens with zero attached hydrogens (tertiary/aromatic N) is 4. The van der Waals surface area contributed by atoms with Crippen molar-refractivity contribution in [2.45, 2.75) is 31.7 Å². The predicted octanol–water partition coefficient (Wildman–Crippen LogP) is 3.79. The van der Waals surface area contributed by atoms with Crippen molar-refractivity contribution in [3.05, 3.63) is 53.0 Å². The second kappa shape index (κ2) is 10.6. The molecular weight excluding hydrogens is 505 g/mol. The molecule has 2 aliphatic heterocycles. The number of rotatable bonds is 7. The quantitative estimate of drug-likeness (QED) is 0.498. The lowest BCUT2D eigenvalue weighted by Gasteiger charge is -2.37. The van der Waals surface area contributed by atoms with Crippen LogP contribution in [-0.2, 0) is 11.0 Å². The van der Waals surface area contributed by atoms with Crippen LogP contribution in [0.2, 0.25) is 0 Å². The number of thiazole rings is 1. The first kappa shape index (κ1) is 25.9. The first-order chi connectivity index (χ1) is 17.7. The maximum Gasteiger partial charge on any atom is 0.416 e. The molecule has 1 unspecified atom stereocenters. The molecule has 2 aromatic carbocycles. The first-order valence-corrected chi connectivity index (χ1v) is 13.1. The van der Waals surface area contributed by atoms with Crippen molar-refractivity contribution in [1.82, 2.24) is 14.8 Å². The second-order valence-electron chi connectivity index (χ2n) is 9.50. The van der Waals surface area contributed by atoms with Crippen LogP contribution in [0.25, 0.3) is 10.2 Å². The maximum absolute atomic E-state index is 13.0. The van der Waals surface area contributed by atoms with E-state index in [1.165, 1.54) is 12.1 Å². The molecule has 5 rings (SSSR count).